The average Bonchev–Trinajstić information content (AvgIpc) is 2.05. The van der Waals surface area contributed by atoms with Gasteiger partial charge in [0.2, 0.25) is 0 Å². The first kappa shape index (κ1) is 5.66. The zero-order chi connectivity index (χ0) is 6.81. The largest absolute Gasteiger partial charge is 0.257 e. The lowest BCUT2D eigenvalue weighted by Gasteiger charge is -1.95. The third kappa shape index (κ3) is 0.838. The second kappa shape index (κ2) is 2.25. The van der Waals surface area contributed by atoms with Gasteiger partial charge in [-0.25, -0.2) is 0 Å². The van der Waals surface area contributed by atoms with E-state index < -0.39 is 0 Å². The summed E-state index contributed by atoms with van der Waals surface area (Å²) in [6.07, 6.45) is 8.58. The first-order valence-corrected chi connectivity index (χ1v) is 3.58. The summed E-state index contributed by atoms with van der Waals surface area (Å²) in [7, 11) is 0. The molecule has 0 radical (unpaired) electrons. The number of hydrogen-bond donors (Lipinski definition) is 0. The van der Waals surface area contributed by atoms with Gasteiger partial charge in [-0.1, -0.05) is 18.2 Å². The molecule has 1 heteroatoms. The van der Waals surface area contributed by atoms with Crippen LogP contribution in [0.15, 0.2) is 18.3 Å². The van der Waals surface area contributed by atoms with E-state index >= 15 is 0 Å². The van der Waals surface area contributed by atoms with Crippen molar-refractivity contribution >= 4 is 12.2 Å². The summed E-state index contributed by atoms with van der Waals surface area (Å²) in [6.45, 7) is 0. The molecular weight excluding hydrogens is 122 g/mol. The number of nitrogens with zero attached hydrogens (tertiary/aromatic N) is 1. The van der Waals surface area contributed by atoms with Gasteiger partial charge in [0.25, 0.3) is 0 Å². The van der Waals surface area contributed by atoms with Gasteiger partial charge in [-0.2, -0.15) is 0 Å². The van der Waals surface area contributed by atoms with Crippen LogP contribution >= 0.6 is 0 Å². The predicted molar refractivity (Wildman–Crippen MR) is 41.7 cm³/mol. The van der Waals surface area contributed by atoms with Gasteiger partial charge in [-0.05, 0) is 24.1 Å². The number of hydrogen-bond acceptors (Lipinski definition) is 1. The Morgan fingerprint density at radius 2 is 2.10 bits per heavy atom. The van der Waals surface area contributed by atoms with Crippen LogP contribution in [-0.2, 0) is 0 Å². The van der Waals surface area contributed by atoms with E-state index in [-0.39, 0.29) is 0 Å². The standard InChI is InChI=1S/C9H9N/c1-2-6-9-8(4-1)5-3-7-10-9/h3-7H,1-2H2. The predicted octanol–water partition coefficient (Wildman–Crippen LogP) is 0.436. The zero-order valence-electron chi connectivity index (χ0n) is 5.75. The van der Waals surface area contributed by atoms with Crippen LogP contribution in [0.1, 0.15) is 12.8 Å². The summed E-state index contributed by atoms with van der Waals surface area (Å²) >= 11 is 0. The Kier molecular flexibility index (Phi) is 1.28. The summed E-state index contributed by atoms with van der Waals surface area (Å²) < 4.78 is 0. The minimum absolute atomic E-state index is 1.14. The highest BCUT2D eigenvalue weighted by atomic mass is 14.6. The Morgan fingerprint density at radius 3 is 3.00 bits per heavy atom. The van der Waals surface area contributed by atoms with Crippen LogP contribution in [0.4, 0.5) is 0 Å². The van der Waals surface area contributed by atoms with Crippen molar-refractivity contribution in [2.75, 3.05) is 0 Å². The number of fused-ring (bicyclic) bond motifs is 1. The van der Waals surface area contributed by atoms with Gasteiger partial charge < -0.3 is 0 Å². The summed E-state index contributed by atoms with van der Waals surface area (Å²) in [5.74, 6) is 0. The monoisotopic (exact) mass is 131 g/mol. The third-order valence-electron chi connectivity index (χ3n) is 1.74. The Labute approximate surface area is 59.7 Å². The van der Waals surface area contributed by atoms with Gasteiger partial charge in [-0.3, -0.25) is 4.98 Å². The molecule has 1 aliphatic carbocycles. The van der Waals surface area contributed by atoms with E-state index in [4.69, 9.17) is 0 Å². The molecule has 0 atom stereocenters. The fourth-order valence-corrected chi connectivity index (χ4v) is 1.23. The molecule has 0 spiro atoms. The maximum Gasteiger partial charge on any atom is 0.0659 e. The minimum atomic E-state index is 1.14. The highest BCUT2D eigenvalue weighted by molar-refractivity contribution is 5.34. The lowest BCUT2D eigenvalue weighted by molar-refractivity contribution is 1.08. The number of aromatic nitrogens is 1. The molecule has 2 rings (SSSR count). The molecule has 1 aromatic heterocycles. The molecule has 0 aliphatic heterocycles. The molecule has 0 N–H and O–H groups in total. The first-order valence-electron chi connectivity index (χ1n) is 3.58. The van der Waals surface area contributed by atoms with E-state index in [0.717, 1.165) is 11.8 Å². The fraction of sp³-hybridized carbons (Fsp3) is 0.222. The van der Waals surface area contributed by atoms with Crippen LogP contribution in [0.25, 0.3) is 12.2 Å². The Bertz CT molecular complexity index is 303. The van der Waals surface area contributed by atoms with Gasteiger partial charge in [-0.15, -0.1) is 0 Å². The summed E-state index contributed by atoms with van der Waals surface area (Å²) in [5.41, 5.74) is 0. The van der Waals surface area contributed by atoms with E-state index in [1.165, 1.54) is 11.6 Å². The number of pyridine rings is 1. The van der Waals surface area contributed by atoms with Crippen molar-refractivity contribution in [1.29, 1.82) is 0 Å². The van der Waals surface area contributed by atoms with Crippen LogP contribution in [0.5, 0.6) is 0 Å². The number of rotatable bonds is 0. The Hall–Kier alpha value is -1.11. The highest BCUT2D eigenvalue weighted by Crippen LogP contribution is 1.92. The quantitative estimate of drug-likeness (QED) is 0.497. The molecule has 0 aromatic carbocycles. The molecule has 50 valence electrons. The van der Waals surface area contributed by atoms with Crippen molar-refractivity contribution in [3.05, 3.63) is 28.9 Å². The molecule has 0 fully saturated rings. The van der Waals surface area contributed by atoms with E-state index in [9.17, 15) is 0 Å². The minimum Gasteiger partial charge on any atom is -0.257 e. The van der Waals surface area contributed by atoms with Crippen molar-refractivity contribution in [3.8, 4) is 0 Å². The van der Waals surface area contributed by atoms with Gasteiger partial charge in [0.05, 0.1) is 5.35 Å². The third-order valence-corrected chi connectivity index (χ3v) is 1.74. The van der Waals surface area contributed by atoms with Crippen LogP contribution < -0.4 is 10.6 Å². The maximum absolute atomic E-state index is 4.23. The van der Waals surface area contributed by atoms with Crippen molar-refractivity contribution in [3.63, 3.8) is 0 Å². The maximum atomic E-state index is 4.23. The fourth-order valence-electron chi connectivity index (χ4n) is 1.23. The first-order chi connectivity index (χ1) is 4.97. The van der Waals surface area contributed by atoms with Gasteiger partial charge in [0.15, 0.2) is 0 Å². The van der Waals surface area contributed by atoms with Crippen molar-refractivity contribution in [2.45, 2.75) is 12.8 Å². The molecule has 0 bridgehead atoms. The summed E-state index contributed by atoms with van der Waals surface area (Å²) in [5, 5.41) is 2.43. The molecule has 0 saturated heterocycles. The topological polar surface area (TPSA) is 12.9 Å². The summed E-state index contributed by atoms with van der Waals surface area (Å²) in [6, 6.07) is 4.09. The molecule has 0 amide bonds. The van der Waals surface area contributed by atoms with Crippen LogP contribution in [-0.4, -0.2) is 4.98 Å². The molecule has 0 unspecified atom stereocenters. The van der Waals surface area contributed by atoms with Crippen molar-refractivity contribution in [2.24, 2.45) is 0 Å². The lowest BCUT2D eigenvalue weighted by Crippen LogP contribution is -2.28. The SMILES string of the molecule is C1=c2cccnc2=CCC1. The van der Waals surface area contributed by atoms with Crippen LogP contribution in [0.2, 0.25) is 0 Å². The molecule has 1 nitrogen and oxygen atoms in total. The average molecular weight is 131 g/mol. The molecule has 1 aliphatic rings. The van der Waals surface area contributed by atoms with Crippen LogP contribution in [0, 0.1) is 0 Å². The van der Waals surface area contributed by atoms with Gasteiger partial charge >= 0.3 is 0 Å². The van der Waals surface area contributed by atoms with E-state index in [2.05, 4.69) is 23.2 Å². The van der Waals surface area contributed by atoms with E-state index in [1.54, 1.807) is 0 Å². The van der Waals surface area contributed by atoms with Crippen LogP contribution in [0.3, 0.4) is 0 Å². The van der Waals surface area contributed by atoms with Gasteiger partial charge in [0.1, 0.15) is 0 Å². The molecule has 0 saturated carbocycles. The van der Waals surface area contributed by atoms with E-state index in [0.29, 0.717) is 0 Å². The van der Waals surface area contributed by atoms with Crippen molar-refractivity contribution < 1.29 is 0 Å². The highest BCUT2D eigenvalue weighted by Gasteiger charge is 1.90. The lowest BCUT2D eigenvalue weighted by atomic mass is 10.1. The Morgan fingerprint density at radius 1 is 1.20 bits per heavy atom. The molecule has 1 heterocycles. The smallest absolute Gasteiger partial charge is 0.0659 e. The van der Waals surface area contributed by atoms with Crippen molar-refractivity contribution in [1.82, 2.24) is 4.98 Å². The van der Waals surface area contributed by atoms with Gasteiger partial charge in [0, 0.05) is 6.20 Å². The zero-order valence-corrected chi connectivity index (χ0v) is 5.75. The normalized spacial score (nSPS) is 14.8. The molecule has 10 heavy (non-hydrogen) atoms. The Balaban J connectivity index is 2.84. The molecular formula is C9H9N. The summed E-state index contributed by atoms with van der Waals surface area (Å²) in [4.78, 5) is 4.23. The second-order valence-electron chi connectivity index (χ2n) is 2.46. The second-order valence-corrected chi connectivity index (χ2v) is 2.46. The van der Waals surface area contributed by atoms with E-state index in [1.807, 2.05) is 12.3 Å². The molecule has 1 aromatic rings.